The van der Waals surface area contributed by atoms with E-state index >= 15 is 0 Å². The first-order valence-corrected chi connectivity index (χ1v) is 14.9. The van der Waals surface area contributed by atoms with Crippen LogP contribution in [0.15, 0.2) is 29.2 Å². The maximum absolute atomic E-state index is 10.7. The SMILES string of the molecule is CCCCc1ccc2c(CCCC)cc(OCC)c([S+]3CCCC3)c2c1.O=S(=O)([O-])C(F)(F)F. The van der Waals surface area contributed by atoms with Crippen LogP contribution in [0.3, 0.4) is 0 Å². The van der Waals surface area contributed by atoms with Crippen molar-refractivity contribution in [2.24, 2.45) is 0 Å². The number of halogens is 3. The molecule has 0 unspecified atom stereocenters. The molecular weight excluding hydrogens is 485 g/mol. The molecule has 0 atom stereocenters. The fourth-order valence-corrected chi connectivity index (χ4v) is 6.62. The Labute approximate surface area is 204 Å². The Morgan fingerprint density at radius 3 is 2.09 bits per heavy atom. The number of fused-ring (bicyclic) bond motifs is 1. The molecule has 0 saturated carbocycles. The number of aryl methyl sites for hydroxylation is 2. The fraction of sp³-hybridized carbons (Fsp3) is 0.600. The van der Waals surface area contributed by atoms with E-state index in [9.17, 15) is 13.2 Å². The van der Waals surface area contributed by atoms with Crippen LogP contribution < -0.4 is 4.74 Å². The second-order valence-corrected chi connectivity index (χ2v) is 12.0. The Hall–Kier alpha value is -1.45. The lowest BCUT2D eigenvalue weighted by atomic mass is 9.96. The molecule has 0 aromatic heterocycles. The van der Waals surface area contributed by atoms with Gasteiger partial charge in [0.1, 0.15) is 11.5 Å². The predicted octanol–water partition coefficient (Wildman–Crippen LogP) is 6.75. The van der Waals surface area contributed by atoms with E-state index in [-0.39, 0.29) is 0 Å². The quantitative estimate of drug-likeness (QED) is 0.208. The van der Waals surface area contributed by atoms with Crippen LogP contribution in [0.5, 0.6) is 5.75 Å². The molecule has 1 fully saturated rings. The molecule has 3 rings (SSSR count). The zero-order valence-electron chi connectivity index (χ0n) is 20.2. The number of unbranched alkanes of at least 4 members (excludes halogenated alkanes) is 2. The van der Waals surface area contributed by atoms with Crippen molar-refractivity contribution < 1.29 is 30.9 Å². The summed E-state index contributed by atoms with van der Waals surface area (Å²) in [4.78, 5) is 1.54. The number of ether oxygens (including phenoxy) is 1. The third-order valence-corrected chi connectivity index (χ3v) is 8.85. The van der Waals surface area contributed by atoms with Gasteiger partial charge in [0.2, 0.25) is 4.90 Å². The van der Waals surface area contributed by atoms with Gasteiger partial charge in [-0.2, -0.15) is 13.2 Å². The minimum Gasteiger partial charge on any atom is -0.741 e. The van der Waals surface area contributed by atoms with E-state index in [1.807, 2.05) is 0 Å². The van der Waals surface area contributed by atoms with Gasteiger partial charge in [0, 0.05) is 16.3 Å². The molecule has 1 heterocycles. The molecular formula is C25H35F3O4S2. The van der Waals surface area contributed by atoms with Crippen LogP contribution >= 0.6 is 0 Å². The van der Waals surface area contributed by atoms with E-state index in [0.717, 1.165) is 13.0 Å². The van der Waals surface area contributed by atoms with Gasteiger partial charge < -0.3 is 9.29 Å². The number of benzene rings is 2. The summed E-state index contributed by atoms with van der Waals surface area (Å²) >= 11 is 0. The summed E-state index contributed by atoms with van der Waals surface area (Å²) < 4.78 is 65.1. The molecule has 0 amide bonds. The average Bonchev–Trinajstić information content (AvgIpc) is 3.29. The lowest BCUT2D eigenvalue weighted by Crippen LogP contribution is -2.21. The molecule has 9 heteroatoms. The van der Waals surface area contributed by atoms with Gasteiger partial charge in [-0.05, 0) is 74.1 Å². The van der Waals surface area contributed by atoms with E-state index in [0.29, 0.717) is 10.9 Å². The zero-order chi connectivity index (χ0) is 25.4. The lowest BCUT2D eigenvalue weighted by molar-refractivity contribution is -0.0517. The Kier molecular flexibility index (Phi) is 11.0. The molecule has 34 heavy (non-hydrogen) atoms. The highest BCUT2D eigenvalue weighted by molar-refractivity contribution is 7.97. The van der Waals surface area contributed by atoms with Crippen LogP contribution in [0.4, 0.5) is 13.2 Å². The Balaban J connectivity index is 0.000000440. The molecule has 2 aromatic rings. The Morgan fingerprint density at radius 2 is 1.56 bits per heavy atom. The summed E-state index contributed by atoms with van der Waals surface area (Å²) in [7, 11) is -5.72. The van der Waals surface area contributed by atoms with Gasteiger partial charge >= 0.3 is 5.51 Å². The van der Waals surface area contributed by atoms with Crippen molar-refractivity contribution in [3.63, 3.8) is 0 Å². The second kappa shape index (κ2) is 13.0. The Morgan fingerprint density at radius 1 is 0.971 bits per heavy atom. The van der Waals surface area contributed by atoms with Crippen molar-refractivity contribution in [3.8, 4) is 5.75 Å². The monoisotopic (exact) mass is 520 g/mol. The van der Waals surface area contributed by atoms with E-state index in [2.05, 4.69) is 45.0 Å². The van der Waals surface area contributed by atoms with Crippen molar-refractivity contribution in [2.75, 3.05) is 18.1 Å². The normalized spacial score (nSPS) is 14.8. The standard InChI is InChI=1S/C24H35OS.CHF3O3S/c1-4-7-11-19-13-14-21-20(12-8-5-2)18-23(25-6-3)24(22(21)17-19)26-15-9-10-16-26;2-1(3,4)8(5,6)7/h13-14,17-18H,4-12,15-16H2,1-3H3;(H,5,6,7)/q+1;/p-1. The first-order chi connectivity index (χ1) is 16.0. The average molecular weight is 521 g/mol. The van der Waals surface area contributed by atoms with E-state index in [1.54, 1.807) is 0 Å². The largest absolute Gasteiger partial charge is 0.741 e. The number of hydrogen-bond donors (Lipinski definition) is 0. The minimum absolute atomic E-state index is 0.369. The zero-order valence-corrected chi connectivity index (χ0v) is 21.8. The number of hydrogen-bond acceptors (Lipinski definition) is 4. The van der Waals surface area contributed by atoms with Crippen molar-refractivity contribution in [2.45, 2.75) is 82.5 Å². The summed E-state index contributed by atoms with van der Waals surface area (Å²) in [6.07, 6.45) is 10.1. The lowest BCUT2D eigenvalue weighted by Gasteiger charge is -2.16. The van der Waals surface area contributed by atoms with Crippen molar-refractivity contribution in [1.29, 1.82) is 0 Å². The summed E-state index contributed by atoms with van der Waals surface area (Å²) in [5.41, 5.74) is -2.66. The molecule has 1 aliphatic rings. The maximum atomic E-state index is 10.7. The van der Waals surface area contributed by atoms with Crippen LogP contribution in [0, 0.1) is 0 Å². The molecule has 192 valence electrons. The smallest absolute Gasteiger partial charge is 0.485 e. The summed E-state index contributed by atoms with van der Waals surface area (Å²) in [5, 5.41) is 2.98. The van der Waals surface area contributed by atoms with Gasteiger partial charge in [-0.15, -0.1) is 0 Å². The molecule has 4 nitrogen and oxygen atoms in total. The summed E-state index contributed by atoms with van der Waals surface area (Å²) in [6.45, 7) is 7.44. The molecule has 0 spiro atoms. The van der Waals surface area contributed by atoms with Crippen LogP contribution in [0.1, 0.15) is 70.4 Å². The highest BCUT2D eigenvalue weighted by Gasteiger charge is 2.37. The Bertz CT molecular complexity index is 1030. The van der Waals surface area contributed by atoms with E-state index in [1.165, 1.54) is 89.0 Å². The fourth-order valence-electron chi connectivity index (χ4n) is 4.02. The number of alkyl halides is 3. The molecule has 1 aliphatic heterocycles. The predicted molar refractivity (Wildman–Crippen MR) is 133 cm³/mol. The third-order valence-electron chi connectivity index (χ3n) is 5.73. The van der Waals surface area contributed by atoms with Crippen LogP contribution in [0.25, 0.3) is 10.8 Å². The van der Waals surface area contributed by atoms with Gasteiger partial charge in [0.25, 0.3) is 0 Å². The summed E-state index contributed by atoms with van der Waals surface area (Å²) in [5.74, 6) is 3.88. The van der Waals surface area contributed by atoms with Crippen molar-refractivity contribution >= 4 is 31.8 Å². The van der Waals surface area contributed by atoms with E-state index in [4.69, 9.17) is 17.7 Å². The molecule has 0 bridgehead atoms. The highest BCUT2D eigenvalue weighted by atomic mass is 32.2. The second-order valence-electron chi connectivity index (χ2n) is 8.39. The molecule has 0 N–H and O–H groups in total. The number of rotatable bonds is 9. The van der Waals surface area contributed by atoms with Gasteiger partial charge in [0.05, 0.1) is 6.61 Å². The van der Waals surface area contributed by atoms with Gasteiger partial charge in [-0.25, -0.2) is 8.42 Å². The molecule has 1 saturated heterocycles. The topological polar surface area (TPSA) is 66.4 Å². The van der Waals surface area contributed by atoms with Crippen LogP contribution in [-0.2, 0) is 33.9 Å². The minimum atomic E-state index is -6.09. The molecule has 0 aliphatic carbocycles. The van der Waals surface area contributed by atoms with Gasteiger partial charge in [-0.1, -0.05) is 38.8 Å². The third kappa shape index (κ3) is 7.78. The van der Waals surface area contributed by atoms with Crippen LogP contribution in [0.2, 0.25) is 0 Å². The van der Waals surface area contributed by atoms with Gasteiger partial charge in [-0.3, -0.25) is 0 Å². The van der Waals surface area contributed by atoms with Gasteiger partial charge in [0.15, 0.2) is 15.9 Å². The van der Waals surface area contributed by atoms with Crippen molar-refractivity contribution in [3.05, 3.63) is 35.4 Å². The maximum Gasteiger partial charge on any atom is 0.485 e. The van der Waals surface area contributed by atoms with Crippen LogP contribution in [-0.4, -0.2) is 36.6 Å². The first-order valence-electron chi connectivity index (χ1n) is 11.9. The van der Waals surface area contributed by atoms with E-state index < -0.39 is 15.6 Å². The van der Waals surface area contributed by atoms with Crippen molar-refractivity contribution in [1.82, 2.24) is 0 Å². The highest BCUT2D eigenvalue weighted by Crippen LogP contribution is 2.40. The molecule has 0 radical (unpaired) electrons. The summed E-state index contributed by atoms with van der Waals surface area (Å²) in [6, 6.07) is 9.66. The molecule has 2 aromatic carbocycles. The first kappa shape index (κ1) is 28.8.